The van der Waals surface area contributed by atoms with E-state index < -0.39 is 12.5 Å². The van der Waals surface area contributed by atoms with E-state index in [-0.39, 0.29) is 11.6 Å². The Hall–Kier alpha value is -2.95. The summed E-state index contributed by atoms with van der Waals surface area (Å²) in [7, 11) is 0. The van der Waals surface area contributed by atoms with Crippen LogP contribution in [0.3, 0.4) is 0 Å². The van der Waals surface area contributed by atoms with Gasteiger partial charge in [-0.25, -0.2) is 0 Å². The van der Waals surface area contributed by atoms with Crippen molar-refractivity contribution in [3.63, 3.8) is 0 Å². The van der Waals surface area contributed by atoms with Crippen LogP contribution in [-0.2, 0) is 9.59 Å². The van der Waals surface area contributed by atoms with Crippen LogP contribution >= 0.6 is 0 Å². The van der Waals surface area contributed by atoms with Crippen molar-refractivity contribution in [3.05, 3.63) is 60.2 Å². The maximum atomic E-state index is 12.6. The first-order valence-corrected chi connectivity index (χ1v) is 6.41. The quantitative estimate of drug-likeness (QED) is 0.838. The molecule has 0 atom stereocenters. The lowest BCUT2D eigenvalue weighted by Crippen LogP contribution is -2.29. The van der Waals surface area contributed by atoms with E-state index in [2.05, 4.69) is 4.99 Å². The molecule has 5 nitrogen and oxygen atoms in total. The predicted octanol–water partition coefficient (Wildman–Crippen LogP) is 0.904. The smallest absolute Gasteiger partial charge is 0.281 e. The highest BCUT2D eigenvalue weighted by Gasteiger charge is 2.34. The van der Waals surface area contributed by atoms with Crippen LogP contribution in [0.15, 0.2) is 59.6 Å². The van der Waals surface area contributed by atoms with Crippen LogP contribution in [0.4, 0.5) is 11.4 Å². The number of para-hydroxylation sites is 2. The first kappa shape index (κ1) is 13.1. The monoisotopic (exact) mass is 279 g/mol. The van der Waals surface area contributed by atoms with E-state index in [1.54, 1.807) is 12.1 Å². The molecule has 1 amide bonds. The second-order valence-corrected chi connectivity index (χ2v) is 4.53. The second kappa shape index (κ2) is 5.20. The molecule has 0 saturated carbocycles. The number of benzene rings is 2. The summed E-state index contributed by atoms with van der Waals surface area (Å²) in [5.41, 5.74) is 2.20. The van der Waals surface area contributed by atoms with Gasteiger partial charge in [0.15, 0.2) is 0 Å². The Kier molecular flexibility index (Phi) is 3.23. The van der Waals surface area contributed by atoms with Gasteiger partial charge in [0.2, 0.25) is 0 Å². The van der Waals surface area contributed by atoms with Crippen molar-refractivity contribution < 1.29 is 14.7 Å². The molecule has 104 valence electrons. The largest absolute Gasteiger partial charge is 0.548 e. The highest BCUT2D eigenvalue weighted by atomic mass is 16.4. The van der Waals surface area contributed by atoms with Gasteiger partial charge < -0.3 is 9.90 Å². The predicted molar refractivity (Wildman–Crippen MR) is 76.4 cm³/mol. The molecule has 21 heavy (non-hydrogen) atoms. The molecule has 1 aliphatic rings. The molecule has 0 spiro atoms. The van der Waals surface area contributed by atoms with Gasteiger partial charge in [0, 0.05) is 11.3 Å². The van der Waals surface area contributed by atoms with Gasteiger partial charge >= 0.3 is 0 Å². The summed E-state index contributed by atoms with van der Waals surface area (Å²) in [5, 5.41) is 10.6. The standard InChI is InChI=1S/C16H12N2O3/c19-14(20)10-17-15-12-8-4-5-9-13(12)18(16(15)21)11-6-2-1-3-7-11/h1-9H,10H2,(H,19,20)/p-1. The van der Waals surface area contributed by atoms with Crippen molar-refractivity contribution in [2.75, 3.05) is 11.4 Å². The second-order valence-electron chi connectivity index (χ2n) is 4.53. The number of anilines is 2. The third-order valence-corrected chi connectivity index (χ3v) is 3.19. The van der Waals surface area contributed by atoms with Crippen molar-refractivity contribution >= 4 is 29.0 Å². The molecule has 0 unspecified atom stereocenters. The molecule has 0 N–H and O–H groups in total. The summed E-state index contributed by atoms with van der Waals surface area (Å²) < 4.78 is 0. The van der Waals surface area contributed by atoms with E-state index in [1.165, 1.54) is 4.90 Å². The maximum absolute atomic E-state index is 12.6. The third-order valence-electron chi connectivity index (χ3n) is 3.19. The molecule has 0 bridgehead atoms. The number of carbonyl (C=O) groups is 2. The van der Waals surface area contributed by atoms with Crippen LogP contribution in [0, 0.1) is 0 Å². The number of amides is 1. The normalized spacial score (nSPS) is 15.3. The van der Waals surface area contributed by atoms with Crippen molar-refractivity contribution in [2.24, 2.45) is 4.99 Å². The van der Waals surface area contributed by atoms with Gasteiger partial charge in [0.1, 0.15) is 5.71 Å². The lowest BCUT2D eigenvalue weighted by Gasteiger charge is -2.16. The zero-order chi connectivity index (χ0) is 14.8. The molecule has 0 saturated heterocycles. The average molecular weight is 279 g/mol. The van der Waals surface area contributed by atoms with Crippen LogP contribution in [0.2, 0.25) is 0 Å². The fourth-order valence-corrected chi connectivity index (χ4v) is 2.33. The van der Waals surface area contributed by atoms with Gasteiger partial charge in [-0.15, -0.1) is 0 Å². The van der Waals surface area contributed by atoms with Crippen molar-refractivity contribution in [2.45, 2.75) is 0 Å². The number of hydrogen-bond acceptors (Lipinski definition) is 4. The van der Waals surface area contributed by atoms with Gasteiger partial charge in [-0.2, -0.15) is 0 Å². The zero-order valence-corrected chi connectivity index (χ0v) is 11.0. The molecule has 2 aromatic carbocycles. The molecule has 0 aliphatic carbocycles. The van der Waals surface area contributed by atoms with E-state index in [0.29, 0.717) is 16.9 Å². The Morgan fingerprint density at radius 2 is 1.71 bits per heavy atom. The van der Waals surface area contributed by atoms with Crippen LogP contribution in [-0.4, -0.2) is 24.1 Å². The van der Waals surface area contributed by atoms with Crippen molar-refractivity contribution in [1.29, 1.82) is 0 Å². The lowest BCUT2D eigenvalue weighted by molar-refractivity contribution is -0.303. The van der Waals surface area contributed by atoms with Gasteiger partial charge in [-0.05, 0) is 18.2 Å². The fourth-order valence-electron chi connectivity index (χ4n) is 2.33. The molecule has 0 aromatic heterocycles. The summed E-state index contributed by atoms with van der Waals surface area (Å²) in [6.45, 7) is -0.530. The number of aliphatic imine (C=N–C) groups is 1. The molecule has 1 aliphatic heterocycles. The molecule has 0 fully saturated rings. The zero-order valence-electron chi connectivity index (χ0n) is 11.0. The van der Waals surface area contributed by atoms with E-state index in [4.69, 9.17) is 0 Å². The van der Waals surface area contributed by atoms with Crippen LogP contribution in [0.5, 0.6) is 0 Å². The number of rotatable bonds is 3. The van der Waals surface area contributed by atoms with Crippen molar-refractivity contribution in [3.8, 4) is 0 Å². The minimum Gasteiger partial charge on any atom is -0.548 e. The summed E-state index contributed by atoms with van der Waals surface area (Å²) in [4.78, 5) is 28.6. The first-order valence-electron chi connectivity index (χ1n) is 6.41. The number of carboxylic acids is 1. The minimum atomic E-state index is -1.31. The Labute approximate surface area is 121 Å². The number of carbonyl (C=O) groups excluding carboxylic acids is 2. The first-order chi connectivity index (χ1) is 10.2. The molecular weight excluding hydrogens is 268 g/mol. The van der Waals surface area contributed by atoms with Crippen LogP contribution < -0.4 is 10.0 Å². The third kappa shape index (κ3) is 2.29. The van der Waals surface area contributed by atoms with Crippen LogP contribution in [0.1, 0.15) is 5.56 Å². The SMILES string of the molecule is O=C([O-])CN=C1C(=O)N(c2ccccc2)c2ccccc21. The van der Waals surface area contributed by atoms with Gasteiger partial charge in [0.05, 0.1) is 18.2 Å². The Bertz CT molecular complexity index is 738. The van der Waals surface area contributed by atoms with Gasteiger partial charge in [-0.1, -0.05) is 36.4 Å². The Balaban J connectivity index is 2.11. The van der Waals surface area contributed by atoms with E-state index >= 15 is 0 Å². The summed E-state index contributed by atoms with van der Waals surface area (Å²) in [6.07, 6.45) is 0. The maximum Gasteiger partial charge on any atom is 0.281 e. The highest BCUT2D eigenvalue weighted by Crippen LogP contribution is 2.35. The summed E-state index contributed by atoms with van der Waals surface area (Å²) >= 11 is 0. The molecule has 0 radical (unpaired) electrons. The Morgan fingerprint density at radius 1 is 1.05 bits per heavy atom. The summed E-state index contributed by atoms with van der Waals surface area (Å²) in [6, 6.07) is 16.3. The molecule has 2 aromatic rings. The number of hydrogen-bond donors (Lipinski definition) is 0. The number of fused-ring (bicyclic) bond motifs is 1. The van der Waals surface area contributed by atoms with Gasteiger partial charge in [-0.3, -0.25) is 14.7 Å². The molecule has 5 heteroatoms. The molecule has 1 heterocycles. The van der Waals surface area contributed by atoms with Crippen LogP contribution in [0.25, 0.3) is 0 Å². The average Bonchev–Trinajstić information content (AvgIpc) is 2.78. The molecule has 3 rings (SSSR count). The fraction of sp³-hybridized carbons (Fsp3) is 0.0625. The Morgan fingerprint density at radius 3 is 2.43 bits per heavy atom. The van der Waals surface area contributed by atoms with Gasteiger partial charge in [0.25, 0.3) is 5.91 Å². The highest BCUT2D eigenvalue weighted by molar-refractivity contribution is 6.55. The molecular formula is C16H11N2O3-. The van der Waals surface area contributed by atoms with E-state index in [1.807, 2.05) is 42.5 Å². The number of nitrogens with zero attached hydrogens (tertiary/aromatic N) is 2. The lowest BCUT2D eigenvalue weighted by atomic mass is 10.1. The van der Waals surface area contributed by atoms with E-state index in [0.717, 1.165) is 0 Å². The number of carboxylic acid groups (broad SMARTS) is 1. The summed E-state index contributed by atoms with van der Waals surface area (Å²) in [5.74, 6) is -1.64. The minimum absolute atomic E-state index is 0.152. The van der Waals surface area contributed by atoms with E-state index in [9.17, 15) is 14.7 Å². The number of aliphatic carboxylic acids is 1. The van der Waals surface area contributed by atoms with Crippen molar-refractivity contribution in [1.82, 2.24) is 0 Å². The topological polar surface area (TPSA) is 72.8 Å².